The van der Waals surface area contributed by atoms with Gasteiger partial charge in [-0.2, -0.15) is 15.0 Å². The first kappa shape index (κ1) is 12.9. The molecular weight excluding hydrogens is 220 g/mol. The first-order valence-electron chi connectivity index (χ1n) is 5.07. The first-order valence-corrected chi connectivity index (χ1v) is 5.07. The van der Waals surface area contributed by atoms with E-state index in [9.17, 15) is 4.79 Å². The molecule has 1 rings (SSSR count). The molecule has 0 radical (unpaired) electrons. The zero-order chi connectivity index (χ0) is 13.0. The van der Waals surface area contributed by atoms with Gasteiger partial charge in [0, 0.05) is 25.6 Å². The van der Waals surface area contributed by atoms with Crippen LogP contribution in [0, 0.1) is 0 Å². The van der Waals surface area contributed by atoms with Gasteiger partial charge in [0.25, 0.3) is 0 Å². The lowest BCUT2D eigenvalue weighted by molar-refractivity contribution is -0.125. The fraction of sp³-hybridized carbons (Fsp3) is 0.400. The van der Waals surface area contributed by atoms with E-state index in [1.165, 1.54) is 0 Å². The topological polar surface area (TPSA) is 111 Å². The average molecular weight is 236 g/mol. The van der Waals surface area contributed by atoms with Crippen LogP contribution in [0.5, 0.6) is 0 Å². The molecule has 4 N–H and O–H groups in total. The third kappa shape index (κ3) is 3.71. The molecule has 92 valence electrons. The number of carbonyl (C=O) groups excluding carboxylic acids is 1. The van der Waals surface area contributed by atoms with Crippen molar-refractivity contribution < 1.29 is 4.79 Å². The molecule has 0 aliphatic carbocycles. The summed E-state index contributed by atoms with van der Waals surface area (Å²) in [5.41, 5.74) is 11.4. The smallest absolute Gasteiger partial charge is 0.248 e. The van der Waals surface area contributed by atoms with E-state index < -0.39 is 0 Å². The van der Waals surface area contributed by atoms with Gasteiger partial charge in [0.2, 0.25) is 17.8 Å². The molecule has 0 fully saturated rings. The van der Waals surface area contributed by atoms with Crippen LogP contribution in [0.2, 0.25) is 0 Å². The number of likely N-dealkylation sites (N-methyl/N-ethyl adjacent to an activating group) is 1. The second kappa shape index (κ2) is 5.24. The Labute approximate surface area is 99.6 Å². The number of nitrogen functional groups attached to an aromatic ring is 2. The van der Waals surface area contributed by atoms with Crippen LogP contribution in [-0.4, -0.2) is 39.4 Å². The van der Waals surface area contributed by atoms with E-state index in [4.69, 9.17) is 11.5 Å². The summed E-state index contributed by atoms with van der Waals surface area (Å²) in [7, 11) is 1.69. The predicted molar refractivity (Wildman–Crippen MR) is 64.8 cm³/mol. The van der Waals surface area contributed by atoms with Gasteiger partial charge >= 0.3 is 0 Å². The molecule has 0 aromatic carbocycles. The van der Waals surface area contributed by atoms with Crippen molar-refractivity contribution in [1.82, 2.24) is 19.9 Å². The Balaban J connectivity index is 2.61. The van der Waals surface area contributed by atoms with E-state index in [1.54, 1.807) is 18.9 Å². The van der Waals surface area contributed by atoms with Crippen molar-refractivity contribution in [3.05, 3.63) is 18.0 Å². The number of anilines is 2. The van der Waals surface area contributed by atoms with Crippen LogP contribution in [0.25, 0.3) is 0 Å². The van der Waals surface area contributed by atoms with Crippen molar-refractivity contribution in [2.75, 3.05) is 25.1 Å². The van der Waals surface area contributed by atoms with E-state index in [0.29, 0.717) is 24.4 Å². The molecule has 0 spiro atoms. The summed E-state index contributed by atoms with van der Waals surface area (Å²) in [4.78, 5) is 24.6. The van der Waals surface area contributed by atoms with Crippen LogP contribution < -0.4 is 11.5 Å². The summed E-state index contributed by atoms with van der Waals surface area (Å²) < 4.78 is 0. The third-order valence-electron chi connectivity index (χ3n) is 2.10. The molecule has 7 nitrogen and oxygen atoms in total. The molecule has 0 aliphatic heterocycles. The first-order chi connectivity index (χ1) is 7.90. The molecule has 0 saturated carbocycles. The highest BCUT2D eigenvalue weighted by molar-refractivity contribution is 5.91. The van der Waals surface area contributed by atoms with Crippen molar-refractivity contribution in [1.29, 1.82) is 0 Å². The number of hydrogen-bond donors (Lipinski definition) is 2. The van der Waals surface area contributed by atoms with Gasteiger partial charge in [-0.15, -0.1) is 0 Å². The van der Waals surface area contributed by atoms with Gasteiger partial charge in [-0.25, -0.2) is 0 Å². The largest absolute Gasteiger partial charge is 0.368 e. The summed E-state index contributed by atoms with van der Waals surface area (Å²) >= 11 is 0. The Kier molecular flexibility index (Phi) is 3.97. The van der Waals surface area contributed by atoms with E-state index in [1.807, 2.05) is 0 Å². The summed E-state index contributed by atoms with van der Waals surface area (Å²) in [5, 5.41) is 0. The molecule has 0 atom stereocenters. The summed E-state index contributed by atoms with van der Waals surface area (Å²) in [6.45, 7) is 5.72. The lowest BCUT2D eigenvalue weighted by Crippen LogP contribution is -2.29. The Morgan fingerprint density at radius 1 is 1.29 bits per heavy atom. The molecular formula is C10H16N6O. The van der Waals surface area contributed by atoms with Gasteiger partial charge in [0.1, 0.15) is 5.82 Å². The van der Waals surface area contributed by atoms with Crippen LogP contribution in [0.4, 0.5) is 11.9 Å². The average Bonchev–Trinajstić information content (AvgIpc) is 2.23. The SMILES string of the molecule is C=C(C)C(=O)N(C)CCc1nc(N)nc(N)n1. The number of nitrogens with zero attached hydrogens (tertiary/aromatic N) is 4. The monoisotopic (exact) mass is 236 g/mol. The van der Waals surface area contributed by atoms with Crippen LogP contribution in [0.15, 0.2) is 12.2 Å². The van der Waals surface area contributed by atoms with E-state index >= 15 is 0 Å². The highest BCUT2D eigenvalue weighted by Gasteiger charge is 2.10. The molecule has 0 bridgehead atoms. The van der Waals surface area contributed by atoms with Crippen LogP contribution >= 0.6 is 0 Å². The van der Waals surface area contributed by atoms with Crippen molar-refractivity contribution in [2.45, 2.75) is 13.3 Å². The number of rotatable bonds is 4. The van der Waals surface area contributed by atoms with Gasteiger partial charge in [0.15, 0.2) is 0 Å². The van der Waals surface area contributed by atoms with Crippen molar-refractivity contribution in [3.8, 4) is 0 Å². The third-order valence-corrected chi connectivity index (χ3v) is 2.10. The maximum absolute atomic E-state index is 11.5. The minimum absolute atomic E-state index is 0.0846. The lowest BCUT2D eigenvalue weighted by atomic mass is 10.3. The minimum atomic E-state index is -0.111. The Hall–Kier alpha value is -2.18. The van der Waals surface area contributed by atoms with Crippen LogP contribution in [-0.2, 0) is 11.2 Å². The second-order valence-corrected chi connectivity index (χ2v) is 3.73. The Bertz CT molecular complexity index is 424. The quantitative estimate of drug-likeness (QED) is 0.689. The number of amides is 1. The molecule has 0 aliphatic rings. The van der Waals surface area contributed by atoms with Gasteiger partial charge < -0.3 is 16.4 Å². The Morgan fingerprint density at radius 2 is 1.82 bits per heavy atom. The van der Waals surface area contributed by atoms with E-state index in [2.05, 4.69) is 21.5 Å². The fourth-order valence-corrected chi connectivity index (χ4v) is 1.26. The number of nitrogens with two attached hydrogens (primary N) is 2. The molecule has 17 heavy (non-hydrogen) atoms. The number of carbonyl (C=O) groups is 1. The van der Waals surface area contributed by atoms with Crippen molar-refractivity contribution >= 4 is 17.8 Å². The van der Waals surface area contributed by atoms with E-state index in [0.717, 1.165) is 0 Å². The molecule has 7 heteroatoms. The second-order valence-electron chi connectivity index (χ2n) is 3.73. The van der Waals surface area contributed by atoms with Crippen molar-refractivity contribution in [3.63, 3.8) is 0 Å². The molecule has 1 heterocycles. The van der Waals surface area contributed by atoms with Gasteiger partial charge in [0.05, 0.1) is 0 Å². The number of hydrogen-bond acceptors (Lipinski definition) is 6. The highest BCUT2D eigenvalue weighted by atomic mass is 16.2. The van der Waals surface area contributed by atoms with Crippen LogP contribution in [0.3, 0.4) is 0 Å². The van der Waals surface area contributed by atoms with E-state index in [-0.39, 0.29) is 17.8 Å². The predicted octanol–water partition coefficient (Wildman–Crippen LogP) is -0.387. The number of aromatic nitrogens is 3. The van der Waals surface area contributed by atoms with Crippen LogP contribution in [0.1, 0.15) is 12.7 Å². The zero-order valence-electron chi connectivity index (χ0n) is 9.97. The van der Waals surface area contributed by atoms with Crippen molar-refractivity contribution in [2.24, 2.45) is 0 Å². The molecule has 1 amide bonds. The zero-order valence-corrected chi connectivity index (χ0v) is 9.97. The van der Waals surface area contributed by atoms with Gasteiger partial charge in [-0.1, -0.05) is 6.58 Å². The summed E-state index contributed by atoms with van der Waals surface area (Å²) in [6.07, 6.45) is 0.465. The molecule has 0 saturated heterocycles. The fourth-order valence-electron chi connectivity index (χ4n) is 1.26. The van der Waals surface area contributed by atoms with Gasteiger partial charge in [-0.3, -0.25) is 4.79 Å². The van der Waals surface area contributed by atoms with Gasteiger partial charge in [-0.05, 0) is 6.92 Å². The minimum Gasteiger partial charge on any atom is -0.368 e. The lowest BCUT2D eigenvalue weighted by Gasteiger charge is -2.16. The highest BCUT2D eigenvalue weighted by Crippen LogP contribution is 2.02. The maximum atomic E-state index is 11.5. The normalized spacial score (nSPS) is 10.0. The molecule has 1 aromatic heterocycles. The standard InChI is InChI=1S/C10H16N6O/c1-6(2)8(17)16(3)5-4-7-13-9(11)15-10(12)14-7/h1,4-5H2,2-3H3,(H4,11,12,13,14,15). The summed E-state index contributed by atoms with van der Waals surface area (Å²) in [5.74, 6) is 0.527. The maximum Gasteiger partial charge on any atom is 0.248 e. The molecule has 1 aromatic rings. The Morgan fingerprint density at radius 3 is 2.29 bits per heavy atom. The molecule has 0 unspecified atom stereocenters. The summed E-state index contributed by atoms with van der Waals surface area (Å²) in [6, 6.07) is 0.